The molecule has 3 aliphatic rings. The Morgan fingerprint density at radius 3 is 2.46 bits per heavy atom. The number of nitrogens with one attached hydrogen (secondary N) is 2. The first-order chi connectivity index (χ1) is 17.1. The van der Waals surface area contributed by atoms with Crippen molar-refractivity contribution in [1.82, 2.24) is 25.3 Å². The molecular weight excluding hydrogens is 441 g/mol. The second kappa shape index (κ2) is 9.30. The molecule has 0 amide bonds. The van der Waals surface area contributed by atoms with Gasteiger partial charge in [0.15, 0.2) is 0 Å². The third-order valence-corrected chi connectivity index (χ3v) is 8.00. The minimum Gasteiger partial charge on any atom is -0.304 e. The second-order valence-electron chi connectivity index (χ2n) is 10.3. The molecule has 1 saturated heterocycles. The number of benzene rings is 2. The summed E-state index contributed by atoms with van der Waals surface area (Å²) < 4.78 is 13.8. The van der Waals surface area contributed by atoms with Crippen molar-refractivity contribution in [3.8, 4) is 0 Å². The normalized spacial score (nSPS) is 24.8. The van der Waals surface area contributed by atoms with Crippen molar-refractivity contribution in [2.45, 2.75) is 43.8 Å². The molecule has 2 aromatic carbocycles. The van der Waals surface area contributed by atoms with Crippen LogP contribution < -0.4 is 10.9 Å². The lowest BCUT2D eigenvalue weighted by atomic mass is 9.74. The highest BCUT2D eigenvalue weighted by atomic mass is 19.1. The Bertz CT molecular complexity index is 1250. The second-order valence-corrected chi connectivity index (χ2v) is 10.3. The molecule has 2 aliphatic heterocycles. The van der Waals surface area contributed by atoms with Gasteiger partial charge >= 0.3 is 0 Å². The van der Waals surface area contributed by atoms with Crippen molar-refractivity contribution in [1.29, 1.82) is 0 Å². The maximum absolute atomic E-state index is 13.8. The summed E-state index contributed by atoms with van der Waals surface area (Å²) in [6.07, 6.45) is 2.74. The Hall–Kier alpha value is -2.87. The van der Waals surface area contributed by atoms with E-state index in [0.29, 0.717) is 0 Å². The van der Waals surface area contributed by atoms with Crippen LogP contribution in [-0.2, 0) is 13.0 Å². The summed E-state index contributed by atoms with van der Waals surface area (Å²) in [6, 6.07) is 15.7. The van der Waals surface area contributed by atoms with Gasteiger partial charge in [-0.2, -0.15) is 5.10 Å². The first-order valence-electron chi connectivity index (χ1n) is 12.7. The Morgan fingerprint density at radius 2 is 1.71 bits per heavy atom. The molecule has 3 aromatic rings. The van der Waals surface area contributed by atoms with Crippen LogP contribution >= 0.6 is 0 Å². The van der Waals surface area contributed by atoms with Gasteiger partial charge in [-0.15, -0.1) is 0 Å². The number of aromatic amines is 1. The standard InChI is InChI=1S/C28H32FN5O/c1-33-13-15-34(16-14-33)17-18-5-7-20(8-6-18)26-24(19-9-11-21(29)12-10-19)27-25-22(28(35)32-31-27)3-2-4-23(25)30-26/h5-12,23-24,26,30H,2-4,13-17H2,1H3,(H,32,35)/t23?,24-,26-/m0/s1. The number of rotatable bonds is 4. The SMILES string of the molecule is CN1CCN(Cc2ccc([C@@H]3NC4CCCc5c4c(n[nH]c5=O)[C@H]3c3ccc(F)cc3)cc2)CC1. The van der Waals surface area contributed by atoms with Gasteiger partial charge in [0.25, 0.3) is 5.56 Å². The molecule has 0 saturated carbocycles. The van der Waals surface area contributed by atoms with Gasteiger partial charge in [0.05, 0.1) is 5.69 Å². The molecule has 6 nitrogen and oxygen atoms in total. The molecule has 1 aliphatic carbocycles. The summed E-state index contributed by atoms with van der Waals surface area (Å²) in [6.45, 7) is 5.38. The molecule has 6 rings (SSSR count). The van der Waals surface area contributed by atoms with Gasteiger partial charge in [-0.05, 0) is 55.1 Å². The third-order valence-electron chi connectivity index (χ3n) is 8.00. The van der Waals surface area contributed by atoms with Gasteiger partial charge in [0, 0.05) is 61.9 Å². The molecule has 0 bridgehead atoms. The average molecular weight is 474 g/mol. The van der Waals surface area contributed by atoms with E-state index in [2.05, 4.69) is 56.6 Å². The first-order valence-corrected chi connectivity index (χ1v) is 12.7. The van der Waals surface area contributed by atoms with Gasteiger partial charge in [-0.1, -0.05) is 36.4 Å². The number of likely N-dealkylation sites (N-methyl/N-ethyl adjacent to an activating group) is 1. The number of piperazine rings is 1. The average Bonchev–Trinajstić information content (AvgIpc) is 2.88. The zero-order valence-corrected chi connectivity index (χ0v) is 20.1. The number of halogens is 1. The molecule has 1 unspecified atom stereocenters. The van der Waals surface area contributed by atoms with Crippen LogP contribution in [0.2, 0.25) is 0 Å². The molecule has 3 heterocycles. The lowest BCUT2D eigenvalue weighted by Gasteiger charge is -2.41. The summed E-state index contributed by atoms with van der Waals surface area (Å²) >= 11 is 0. The van der Waals surface area contributed by atoms with E-state index in [4.69, 9.17) is 0 Å². The molecule has 2 N–H and O–H groups in total. The Labute approximate surface area is 205 Å². The molecule has 1 aromatic heterocycles. The molecular formula is C28H32FN5O. The number of aromatic nitrogens is 2. The predicted octanol–water partition coefficient (Wildman–Crippen LogP) is 3.51. The fourth-order valence-corrected chi connectivity index (χ4v) is 6.06. The highest BCUT2D eigenvalue weighted by molar-refractivity contribution is 5.46. The summed E-state index contributed by atoms with van der Waals surface area (Å²) in [5.74, 6) is -0.365. The molecule has 7 heteroatoms. The smallest absolute Gasteiger partial charge is 0.267 e. The van der Waals surface area contributed by atoms with Crippen molar-refractivity contribution >= 4 is 0 Å². The maximum Gasteiger partial charge on any atom is 0.267 e. The molecule has 35 heavy (non-hydrogen) atoms. The Kier molecular flexibility index (Phi) is 6.00. The Balaban J connectivity index is 1.35. The monoisotopic (exact) mass is 473 g/mol. The van der Waals surface area contributed by atoms with Gasteiger partial charge < -0.3 is 10.2 Å². The van der Waals surface area contributed by atoms with E-state index in [0.717, 1.165) is 74.4 Å². The van der Waals surface area contributed by atoms with Gasteiger partial charge in [0.2, 0.25) is 0 Å². The van der Waals surface area contributed by atoms with Crippen LogP contribution in [0, 0.1) is 5.82 Å². The Morgan fingerprint density at radius 1 is 1.00 bits per heavy atom. The van der Waals surface area contributed by atoms with Crippen LogP contribution in [0.4, 0.5) is 4.39 Å². The van der Waals surface area contributed by atoms with Gasteiger partial charge in [-0.25, -0.2) is 9.49 Å². The minimum absolute atomic E-state index is 0.0139. The van der Waals surface area contributed by atoms with E-state index in [9.17, 15) is 9.18 Å². The van der Waals surface area contributed by atoms with Crippen molar-refractivity contribution in [2.24, 2.45) is 0 Å². The minimum atomic E-state index is -0.253. The predicted molar refractivity (Wildman–Crippen MR) is 134 cm³/mol. The molecule has 1 fully saturated rings. The summed E-state index contributed by atoms with van der Waals surface area (Å²) in [5.41, 5.74) is 6.24. The van der Waals surface area contributed by atoms with Gasteiger partial charge in [-0.3, -0.25) is 9.69 Å². The van der Waals surface area contributed by atoms with Crippen LogP contribution in [0.25, 0.3) is 0 Å². The fraction of sp³-hybridized carbons (Fsp3) is 0.429. The molecule has 3 atom stereocenters. The van der Waals surface area contributed by atoms with Crippen LogP contribution in [0.15, 0.2) is 53.3 Å². The van der Waals surface area contributed by atoms with Crippen LogP contribution in [0.5, 0.6) is 0 Å². The van der Waals surface area contributed by atoms with E-state index < -0.39 is 0 Å². The fourth-order valence-electron chi connectivity index (χ4n) is 6.06. The van der Waals surface area contributed by atoms with E-state index in [-0.39, 0.29) is 29.4 Å². The molecule has 0 radical (unpaired) electrons. The van der Waals surface area contributed by atoms with Crippen molar-refractivity contribution in [3.63, 3.8) is 0 Å². The zero-order valence-electron chi connectivity index (χ0n) is 20.1. The molecule has 0 spiro atoms. The van der Waals surface area contributed by atoms with Crippen LogP contribution in [0.3, 0.4) is 0 Å². The third kappa shape index (κ3) is 4.33. The van der Waals surface area contributed by atoms with E-state index in [1.165, 1.54) is 23.3 Å². The number of hydrogen-bond acceptors (Lipinski definition) is 5. The highest BCUT2D eigenvalue weighted by Gasteiger charge is 2.40. The van der Waals surface area contributed by atoms with Crippen molar-refractivity contribution in [2.75, 3.05) is 33.2 Å². The largest absolute Gasteiger partial charge is 0.304 e. The van der Waals surface area contributed by atoms with E-state index in [1.807, 2.05) is 12.1 Å². The summed E-state index contributed by atoms with van der Waals surface area (Å²) in [4.78, 5) is 17.4. The first kappa shape index (κ1) is 22.6. The zero-order chi connectivity index (χ0) is 23.9. The number of nitrogens with zero attached hydrogens (tertiary/aromatic N) is 3. The van der Waals surface area contributed by atoms with E-state index in [1.54, 1.807) is 0 Å². The highest BCUT2D eigenvalue weighted by Crippen LogP contribution is 2.47. The lowest BCUT2D eigenvalue weighted by molar-refractivity contribution is 0.148. The van der Waals surface area contributed by atoms with Crippen LogP contribution in [-0.4, -0.2) is 53.2 Å². The number of hydrogen-bond donors (Lipinski definition) is 2. The summed E-state index contributed by atoms with van der Waals surface area (Å²) in [5, 5.41) is 11.2. The molecule has 182 valence electrons. The van der Waals surface area contributed by atoms with E-state index >= 15 is 0 Å². The van der Waals surface area contributed by atoms with Crippen molar-refractivity contribution < 1.29 is 4.39 Å². The topological polar surface area (TPSA) is 64.3 Å². The summed E-state index contributed by atoms with van der Waals surface area (Å²) in [7, 11) is 2.18. The number of H-pyrrole nitrogens is 1. The maximum atomic E-state index is 13.8. The van der Waals surface area contributed by atoms with Gasteiger partial charge in [0.1, 0.15) is 5.82 Å². The van der Waals surface area contributed by atoms with Crippen molar-refractivity contribution in [3.05, 3.63) is 98.2 Å². The van der Waals surface area contributed by atoms with Crippen LogP contribution in [0.1, 0.15) is 64.4 Å². The quantitative estimate of drug-likeness (QED) is 0.607. The lowest BCUT2D eigenvalue weighted by Crippen LogP contribution is -2.43.